The smallest absolute Gasteiger partial charge is 0.0484 e. The minimum atomic E-state index is 0.481. The number of hydrogen-bond donors (Lipinski definition) is 1. The first-order valence-electron chi connectivity index (χ1n) is 7.16. The van der Waals surface area contributed by atoms with Gasteiger partial charge in [-0.3, -0.25) is 0 Å². The van der Waals surface area contributed by atoms with Gasteiger partial charge < -0.3 is 10.1 Å². The maximum atomic E-state index is 5.72. The van der Waals surface area contributed by atoms with Crippen LogP contribution in [0.4, 0.5) is 0 Å². The lowest BCUT2D eigenvalue weighted by atomic mass is 9.93. The molecule has 1 N–H and O–H groups in total. The van der Waals surface area contributed by atoms with Crippen molar-refractivity contribution in [2.45, 2.75) is 39.2 Å². The van der Waals surface area contributed by atoms with Crippen LogP contribution in [-0.4, -0.2) is 19.8 Å². The highest BCUT2D eigenvalue weighted by Gasteiger charge is 2.18. The summed E-state index contributed by atoms with van der Waals surface area (Å²) < 4.78 is 5.72. The lowest BCUT2D eigenvalue weighted by Gasteiger charge is -2.26. The zero-order valence-corrected chi connectivity index (χ0v) is 11.6. The summed E-state index contributed by atoms with van der Waals surface area (Å²) in [5, 5.41) is 3.59. The molecule has 1 unspecified atom stereocenters. The average Bonchev–Trinajstić information content (AvgIpc) is 2.38. The van der Waals surface area contributed by atoms with E-state index < -0.39 is 0 Å². The Balaban J connectivity index is 1.77. The molecule has 100 valence electrons. The van der Waals surface area contributed by atoms with Crippen molar-refractivity contribution in [1.82, 2.24) is 5.32 Å². The molecular weight excluding hydrogens is 222 g/mol. The molecule has 1 heterocycles. The van der Waals surface area contributed by atoms with Crippen LogP contribution in [0.2, 0.25) is 0 Å². The second-order valence-corrected chi connectivity index (χ2v) is 5.54. The number of hydrogen-bond acceptors (Lipinski definition) is 2. The molecule has 0 spiro atoms. The summed E-state index contributed by atoms with van der Waals surface area (Å²) in [6.07, 6.45) is 3.39. The summed E-state index contributed by atoms with van der Waals surface area (Å²) in [4.78, 5) is 0. The fourth-order valence-corrected chi connectivity index (χ4v) is 2.47. The van der Waals surface area contributed by atoms with Gasteiger partial charge in [-0.2, -0.15) is 0 Å². The van der Waals surface area contributed by atoms with Gasteiger partial charge in [0.05, 0.1) is 0 Å². The maximum absolute atomic E-state index is 5.72. The molecule has 0 saturated heterocycles. The van der Waals surface area contributed by atoms with Crippen molar-refractivity contribution in [2.75, 3.05) is 19.8 Å². The minimum absolute atomic E-state index is 0.481. The van der Waals surface area contributed by atoms with Gasteiger partial charge in [-0.25, -0.2) is 0 Å². The van der Waals surface area contributed by atoms with E-state index in [4.69, 9.17) is 4.74 Å². The highest BCUT2D eigenvalue weighted by Crippen LogP contribution is 2.24. The minimum Gasteiger partial charge on any atom is -0.381 e. The molecule has 1 aliphatic rings. The van der Waals surface area contributed by atoms with E-state index in [1.54, 1.807) is 0 Å². The number of ether oxygens (including phenoxy) is 1. The lowest BCUT2D eigenvalue weighted by molar-refractivity contribution is 0.113. The van der Waals surface area contributed by atoms with E-state index in [-0.39, 0.29) is 0 Å². The van der Waals surface area contributed by atoms with Gasteiger partial charge >= 0.3 is 0 Å². The van der Waals surface area contributed by atoms with Crippen LogP contribution in [-0.2, 0) is 11.2 Å². The van der Waals surface area contributed by atoms with Crippen LogP contribution >= 0.6 is 0 Å². The Morgan fingerprint density at radius 2 is 2.11 bits per heavy atom. The molecule has 2 nitrogen and oxygen atoms in total. The molecule has 1 aromatic carbocycles. The van der Waals surface area contributed by atoms with Crippen molar-refractivity contribution >= 4 is 0 Å². The predicted molar refractivity (Wildman–Crippen MR) is 75.8 cm³/mol. The van der Waals surface area contributed by atoms with Crippen molar-refractivity contribution in [2.24, 2.45) is 5.92 Å². The molecule has 0 bridgehead atoms. The van der Waals surface area contributed by atoms with Gasteiger partial charge in [0.25, 0.3) is 0 Å². The van der Waals surface area contributed by atoms with Crippen molar-refractivity contribution in [1.29, 1.82) is 0 Å². The number of fused-ring (bicyclic) bond motifs is 1. The Morgan fingerprint density at radius 3 is 2.94 bits per heavy atom. The van der Waals surface area contributed by atoms with E-state index in [0.29, 0.717) is 6.04 Å². The van der Waals surface area contributed by atoms with Crippen molar-refractivity contribution in [3.05, 3.63) is 35.4 Å². The third kappa shape index (κ3) is 3.82. The van der Waals surface area contributed by atoms with Crippen molar-refractivity contribution in [3.8, 4) is 0 Å². The molecule has 18 heavy (non-hydrogen) atoms. The first kappa shape index (κ1) is 13.6. The van der Waals surface area contributed by atoms with Crippen LogP contribution in [0, 0.1) is 5.92 Å². The topological polar surface area (TPSA) is 21.3 Å². The Bertz CT molecular complexity index is 362. The summed E-state index contributed by atoms with van der Waals surface area (Å²) in [7, 11) is 0. The van der Waals surface area contributed by atoms with Gasteiger partial charge in [0.2, 0.25) is 0 Å². The summed E-state index contributed by atoms with van der Waals surface area (Å²) in [5.41, 5.74) is 2.97. The monoisotopic (exact) mass is 247 g/mol. The van der Waals surface area contributed by atoms with Gasteiger partial charge in [0.15, 0.2) is 0 Å². The van der Waals surface area contributed by atoms with Gasteiger partial charge in [0, 0.05) is 19.3 Å². The first-order chi connectivity index (χ1) is 8.77. The Morgan fingerprint density at radius 1 is 1.28 bits per heavy atom. The first-order valence-corrected chi connectivity index (χ1v) is 7.16. The van der Waals surface area contributed by atoms with Crippen LogP contribution in [0.1, 0.15) is 43.9 Å². The molecule has 2 heteroatoms. The molecule has 1 aromatic rings. The third-order valence-corrected chi connectivity index (χ3v) is 3.61. The fraction of sp³-hybridized carbons (Fsp3) is 0.625. The van der Waals surface area contributed by atoms with E-state index in [2.05, 4.69) is 43.4 Å². The molecular formula is C16H25NO. The van der Waals surface area contributed by atoms with E-state index in [0.717, 1.165) is 44.9 Å². The second kappa shape index (κ2) is 6.91. The van der Waals surface area contributed by atoms with Crippen molar-refractivity contribution < 1.29 is 4.74 Å². The molecule has 0 aliphatic carbocycles. The van der Waals surface area contributed by atoms with Crippen LogP contribution in [0.3, 0.4) is 0 Å². The van der Waals surface area contributed by atoms with E-state index in [1.807, 2.05) is 0 Å². The molecule has 1 aliphatic heterocycles. The summed E-state index contributed by atoms with van der Waals surface area (Å²) >= 11 is 0. The van der Waals surface area contributed by atoms with Gasteiger partial charge in [-0.05, 0) is 42.9 Å². The Hall–Kier alpha value is -0.860. The van der Waals surface area contributed by atoms with Gasteiger partial charge in [-0.1, -0.05) is 38.1 Å². The Labute approximate surface area is 111 Å². The molecule has 0 amide bonds. The zero-order chi connectivity index (χ0) is 12.8. The molecule has 0 saturated carbocycles. The maximum Gasteiger partial charge on any atom is 0.0484 e. The second-order valence-electron chi connectivity index (χ2n) is 5.54. The van der Waals surface area contributed by atoms with E-state index >= 15 is 0 Å². The van der Waals surface area contributed by atoms with Crippen LogP contribution in [0.5, 0.6) is 0 Å². The molecule has 2 rings (SSSR count). The average molecular weight is 247 g/mol. The van der Waals surface area contributed by atoms with Crippen LogP contribution in [0.25, 0.3) is 0 Å². The van der Waals surface area contributed by atoms with Gasteiger partial charge in [-0.15, -0.1) is 0 Å². The van der Waals surface area contributed by atoms with E-state index in [9.17, 15) is 0 Å². The largest absolute Gasteiger partial charge is 0.381 e. The summed E-state index contributed by atoms with van der Waals surface area (Å²) in [5.74, 6) is 0.735. The number of rotatable bonds is 6. The molecule has 0 radical (unpaired) electrons. The number of nitrogens with one attached hydrogen (secondary N) is 1. The third-order valence-electron chi connectivity index (χ3n) is 3.61. The number of benzene rings is 1. The quantitative estimate of drug-likeness (QED) is 0.779. The van der Waals surface area contributed by atoms with E-state index in [1.165, 1.54) is 11.1 Å². The summed E-state index contributed by atoms with van der Waals surface area (Å²) in [6.45, 7) is 7.32. The highest BCUT2D eigenvalue weighted by atomic mass is 16.5. The van der Waals surface area contributed by atoms with Crippen LogP contribution in [0.15, 0.2) is 24.3 Å². The lowest BCUT2D eigenvalue weighted by Crippen LogP contribution is -2.30. The SMILES string of the molecule is CC(C)CCOCCC1NCCc2ccccc21. The Kier molecular flexibility index (Phi) is 5.21. The molecule has 0 fully saturated rings. The normalized spacial score (nSPS) is 18.9. The highest BCUT2D eigenvalue weighted by molar-refractivity contribution is 5.32. The standard InChI is InChI=1S/C16H25NO/c1-13(2)8-11-18-12-9-16-15-6-4-3-5-14(15)7-10-17-16/h3-6,13,16-17H,7-12H2,1-2H3. The predicted octanol–water partition coefficient (Wildman–Crippen LogP) is 3.33. The van der Waals surface area contributed by atoms with Gasteiger partial charge in [0.1, 0.15) is 0 Å². The molecule has 0 aromatic heterocycles. The molecule has 1 atom stereocenters. The van der Waals surface area contributed by atoms with Crippen molar-refractivity contribution in [3.63, 3.8) is 0 Å². The zero-order valence-electron chi connectivity index (χ0n) is 11.6. The summed E-state index contributed by atoms with van der Waals surface area (Å²) in [6, 6.07) is 9.26. The fourth-order valence-electron chi connectivity index (χ4n) is 2.47. The van der Waals surface area contributed by atoms with Crippen LogP contribution < -0.4 is 5.32 Å².